The van der Waals surface area contributed by atoms with Gasteiger partial charge in [-0.3, -0.25) is 0 Å². The van der Waals surface area contributed by atoms with Gasteiger partial charge < -0.3 is 8.98 Å². The first-order chi connectivity index (χ1) is 25.1. The zero-order valence-electron chi connectivity index (χ0n) is 29.1. The largest absolute Gasteiger partial charge is 0.454 e. The molecule has 244 valence electrons. The fourth-order valence-electron chi connectivity index (χ4n) is 8.03. The molecule has 0 saturated heterocycles. The van der Waals surface area contributed by atoms with Gasteiger partial charge in [-0.15, -0.1) is 0 Å². The van der Waals surface area contributed by atoms with E-state index in [-0.39, 0.29) is 0 Å². The topological polar surface area (TPSA) is 18.1 Å². The van der Waals surface area contributed by atoms with Gasteiger partial charge in [-0.2, -0.15) is 0 Å². The molecule has 0 fully saturated rings. The van der Waals surface area contributed by atoms with Crippen LogP contribution in [0.15, 0.2) is 180 Å². The molecule has 0 aliphatic heterocycles. The van der Waals surface area contributed by atoms with E-state index in [1.165, 1.54) is 71.6 Å². The summed E-state index contributed by atoms with van der Waals surface area (Å²) in [7, 11) is 0. The van der Waals surface area contributed by atoms with Crippen molar-refractivity contribution in [3.8, 4) is 39.1 Å². The minimum atomic E-state index is 0.916. The molecule has 10 rings (SSSR count). The molecule has 1 aliphatic rings. The third kappa shape index (κ3) is 4.71. The number of nitrogens with zero attached hydrogens (tertiary/aromatic N) is 1. The molecule has 1 aliphatic carbocycles. The van der Waals surface area contributed by atoms with Gasteiger partial charge in [0.25, 0.3) is 0 Å². The molecule has 0 N–H and O–H groups in total. The highest BCUT2D eigenvalue weighted by atomic mass is 16.3. The van der Waals surface area contributed by atoms with Gasteiger partial charge in [0.2, 0.25) is 0 Å². The second kappa shape index (κ2) is 12.2. The summed E-state index contributed by atoms with van der Waals surface area (Å²) in [5, 5.41) is 7.36. The van der Waals surface area contributed by atoms with Crippen LogP contribution in [0.5, 0.6) is 0 Å². The van der Waals surface area contributed by atoms with Crippen LogP contribution in [0.25, 0.3) is 93.6 Å². The molecule has 0 bridgehead atoms. The number of rotatable bonds is 4. The maximum atomic E-state index is 6.57. The number of hydrogen-bond acceptors (Lipinski definition) is 1. The fraction of sp³-hybridized carbons (Fsp3) is 0.0612. The number of benzene rings is 7. The van der Waals surface area contributed by atoms with Crippen LogP contribution >= 0.6 is 0 Å². The average Bonchev–Trinajstić information content (AvgIpc) is 3.84. The summed E-state index contributed by atoms with van der Waals surface area (Å²) in [4.78, 5) is 0. The molecule has 0 saturated carbocycles. The van der Waals surface area contributed by atoms with Crippen LogP contribution in [-0.4, -0.2) is 4.57 Å². The molecule has 0 radical (unpaired) electrons. The Morgan fingerprint density at radius 2 is 1.24 bits per heavy atom. The summed E-state index contributed by atoms with van der Waals surface area (Å²) in [6.45, 7) is 9.82. The summed E-state index contributed by atoms with van der Waals surface area (Å²) >= 11 is 0. The Hall–Kier alpha value is -6.38. The summed E-state index contributed by atoms with van der Waals surface area (Å²) < 4.78 is 8.94. The monoisotopic (exact) mass is 655 g/mol. The second-order valence-electron chi connectivity index (χ2n) is 13.2. The lowest BCUT2D eigenvalue weighted by Gasteiger charge is -2.11. The van der Waals surface area contributed by atoms with Crippen LogP contribution in [-0.2, 0) is 0 Å². The molecule has 2 heteroatoms. The minimum absolute atomic E-state index is 0.916. The Morgan fingerprint density at radius 1 is 0.569 bits per heavy atom. The molecule has 51 heavy (non-hydrogen) atoms. The molecule has 0 spiro atoms. The van der Waals surface area contributed by atoms with E-state index < -0.39 is 0 Å². The van der Waals surface area contributed by atoms with Crippen LogP contribution < -0.4 is 0 Å². The normalized spacial score (nSPS) is 12.5. The Kier molecular flexibility index (Phi) is 7.33. The van der Waals surface area contributed by atoms with Gasteiger partial charge in [-0.25, -0.2) is 0 Å². The Bertz CT molecular complexity index is 2860. The summed E-state index contributed by atoms with van der Waals surface area (Å²) in [6.07, 6.45) is 6.01. The Balaban J connectivity index is 0.000000346. The molecule has 9 aromatic rings. The number of hydrogen-bond donors (Lipinski definition) is 0. The third-order valence-corrected chi connectivity index (χ3v) is 10.6. The van der Waals surface area contributed by atoms with Crippen molar-refractivity contribution in [1.82, 2.24) is 4.57 Å². The number of aromatic nitrogens is 1. The van der Waals surface area contributed by atoms with E-state index in [0.29, 0.717) is 0 Å². The molecule has 2 nitrogen and oxygen atoms in total. The summed E-state index contributed by atoms with van der Waals surface area (Å²) in [5.41, 5.74) is 15.5. The fourth-order valence-corrected chi connectivity index (χ4v) is 8.03. The van der Waals surface area contributed by atoms with E-state index >= 15 is 0 Å². The molecular formula is C49H37NO. The van der Waals surface area contributed by atoms with Gasteiger partial charge in [0.1, 0.15) is 5.58 Å². The van der Waals surface area contributed by atoms with Gasteiger partial charge in [0.05, 0.1) is 11.0 Å². The van der Waals surface area contributed by atoms with Crippen LogP contribution in [0, 0.1) is 0 Å². The van der Waals surface area contributed by atoms with Gasteiger partial charge in [-0.05, 0) is 112 Å². The van der Waals surface area contributed by atoms with E-state index in [1.54, 1.807) is 0 Å². The van der Waals surface area contributed by atoms with Crippen molar-refractivity contribution in [2.75, 3.05) is 0 Å². The van der Waals surface area contributed by atoms with Crippen LogP contribution in [0.1, 0.15) is 20.8 Å². The van der Waals surface area contributed by atoms with E-state index in [2.05, 4.69) is 164 Å². The van der Waals surface area contributed by atoms with E-state index in [4.69, 9.17) is 4.42 Å². The maximum Gasteiger partial charge on any atom is 0.160 e. The predicted molar refractivity (Wildman–Crippen MR) is 219 cm³/mol. The van der Waals surface area contributed by atoms with Crippen molar-refractivity contribution in [3.63, 3.8) is 0 Å². The van der Waals surface area contributed by atoms with Gasteiger partial charge in [0.15, 0.2) is 5.58 Å². The zero-order chi connectivity index (χ0) is 34.6. The van der Waals surface area contributed by atoms with E-state index in [1.807, 2.05) is 26.0 Å². The lowest BCUT2D eigenvalue weighted by Crippen LogP contribution is -1.93. The van der Waals surface area contributed by atoms with Crippen molar-refractivity contribution in [2.45, 2.75) is 20.8 Å². The molecule has 0 amide bonds. The minimum Gasteiger partial charge on any atom is -0.454 e. The van der Waals surface area contributed by atoms with Gasteiger partial charge in [0, 0.05) is 27.2 Å². The van der Waals surface area contributed by atoms with Crippen molar-refractivity contribution >= 4 is 54.5 Å². The molecule has 0 unspecified atom stereocenters. The first-order valence-corrected chi connectivity index (χ1v) is 17.6. The highest BCUT2D eigenvalue weighted by molar-refractivity contribution is 6.23. The van der Waals surface area contributed by atoms with Crippen LogP contribution in [0.3, 0.4) is 0 Å². The quantitative estimate of drug-likeness (QED) is 0.173. The van der Waals surface area contributed by atoms with Crippen molar-refractivity contribution < 1.29 is 4.42 Å². The van der Waals surface area contributed by atoms with E-state index in [0.717, 1.165) is 33.1 Å². The second-order valence-corrected chi connectivity index (χ2v) is 13.2. The first kappa shape index (κ1) is 30.7. The van der Waals surface area contributed by atoms with E-state index in [9.17, 15) is 0 Å². The van der Waals surface area contributed by atoms with Gasteiger partial charge >= 0.3 is 0 Å². The van der Waals surface area contributed by atoms with Crippen molar-refractivity contribution in [1.29, 1.82) is 0 Å². The lowest BCUT2D eigenvalue weighted by molar-refractivity contribution is 0.671. The lowest BCUT2D eigenvalue weighted by atomic mass is 9.93. The molecular weight excluding hydrogens is 619 g/mol. The molecule has 2 aromatic heterocycles. The Labute approximate surface area is 297 Å². The molecule has 0 atom stereocenters. The SMILES string of the molecule is C=CC(=C\C)/C(C)=C/C.c1ccc(-n2c3ccc(-c4ccc5c6c(cccc46)-c4ccccc4-5)cc3c3ccc4c5ccccc5oc4c32)cc1. The van der Waals surface area contributed by atoms with Crippen molar-refractivity contribution in [3.05, 3.63) is 175 Å². The molecule has 2 heterocycles. The van der Waals surface area contributed by atoms with Crippen LogP contribution in [0.2, 0.25) is 0 Å². The number of para-hydroxylation sites is 2. The first-order valence-electron chi connectivity index (χ1n) is 17.6. The third-order valence-electron chi connectivity index (χ3n) is 10.6. The average molecular weight is 656 g/mol. The predicted octanol–water partition coefficient (Wildman–Crippen LogP) is 14.2. The van der Waals surface area contributed by atoms with Crippen molar-refractivity contribution in [2.24, 2.45) is 0 Å². The highest BCUT2D eigenvalue weighted by Gasteiger charge is 2.23. The molecule has 7 aromatic carbocycles. The zero-order valence-corrected chi connectivity index (χ0v) is 29.1. The highest BCUT2D eigenvalue weighted by Crippen LogP contribution is 2.49. The number of fused-ring (bicyclic) bond motifs is 10. The number of furan rings is 1. The van der Waals surface area contributed by atoms with Gasteiger partial charge in [-0.1, -0.05) is 128 Å². The van der Waals surface area contributed by atoms with Crippen LogP contribution in [0.4, 0.5) is 0 Å². The number of allylic oxidation sites excluding steroid dienone is 5. The smallest absolute Gasteiger partial charge is 0.160 e. The standard InChI is InChI=1S/C40H23NO.C9H14/c1-2-9-25(10-3-1)41-36-22-17-24(23-35(36)33-20-21-34-29-13-6-7-16-37(29)42-40(34)39(33)41)26-18-19-32-28-12-5-4-11-27(28)31-15-8-14-30(26)38(31)32;1-5-8(4)9(6-2)7-3/h1-23H;5-7H,2H2,1,3-4H3/b;8-5+,9-7+. The summed E-state index contributed by atoms with van der Waals surface area (Å²) in [6, 6.07) is 50.5. The Morgan fingerprint density at radius 3 is 1.98 bits per heavy atom. The summed E-state index contributed by atoms with van der Waals surface area (Å²) in [5.74, 6) is 0. The maximum absolute atomic E-state index is 6.57.